The first-order valence-corrected chi connectivity index (χ1v) is 4.43. The van der Waals surface area contributed by atoms with Crippen LogP contribution in [0.2, 0.25) is 0 Å². The molecule has 0 saturated heterocycles. The molecule has 0 unspecified atom stereocenters. The monoisotopic (exact) mass is 214 g/mol. The van der Waals surface area contributed by atoms with Gasteiger partial charge in [0.2, 0.25) is 0 Å². The molecule has 0 amide bonds. The standard InChI is InChI=1S/C11H7FN4/c12-11-4-3-9(5-6-13)8-10(11)2-1-7-15-16-14/h3-4,8H,5,7H2. The number of rotatable bonds is 2. The van der Waals surface area contributed by atoms with E-state index >= 15 is 0 Å². The second kappa shape index (κ2) is 6.08. The summed E-state index contributed by atoms with van der Waals surface area (Å²) < 4.78 is 13.2. The highest BCUT2D eigenvalue weighted by Crippen LogP contribution is 2.09. The smallest absolute Gasteiger partial charge is 0.138 e. The Hall–Kier alpha value is -2.49. The van der Waals surface area contributed by atoms with Gasteiger partial charge in [-0.15, -0.1) is 0 Å². The molecule has 0 aliphatic rings. The van der Waals surface area contributed by atoms with Gasteiger partial charge < -0.3 is 0 Å². The highest BCUT2D eigenvalue weighted by Gasteiger charge is 2.00. The quantitative estimate of drug-likeness (QED) is 0.322. The molecule has 0 aliphatic carbocycles. The minimum absolute atomic E-state index is 0.00157. The summed E-state index contributed by atoms with van der Waals surface area (Å²) in [6, 6.07) is 6.29. The molecule has 0 aromatic heterocycles. The molecule has 0 radical (unpaired) electrons. The molecule has 0 N–H and O–H groups in total. The Balaban J connectivity index is 2.92. The maximum atomic E-state index is 13.2. The first kappa shape index (κ1) is 11.6. The van der Waals surface area contributed by atoms with Gasteiger partial charge in [-0.2, -0.15) is 5.26 Å². The molecule has 0 heterocycles. The van der Waals surface area contributed by atoms with Crippen molar-refractivity contribution in [2.45, 2.75) is 6.42 Å². The third kappa shape index (κ3) is 3.34. The number of hydrogen-bond acceptors (Lipinski definition) is 2. The van der Waals surface area contributed by atoms with Crippen LogP contribution in [0.3, 0.4) is 0 Å². The molecule has 0 atom stereocenters. The zero-order valence-corrected chi connectivity index (χ0v) is 8.31. The van der Waals surface area contributed by atoms with Gasteiger partial charge in [-0.1, -0.05) is 23.0 Å². The summed E-state index contributed by atoms with van der Waals surface area (Å²) in [5.41, 5.74) is 8.93. The number of hydrogen-bond donors (Lipinski definition) is 0. The van der Waals surface area contributed by atoms with E-state index in [2.05, 4.69) is 21.9 Å². The van der Waals surface area contributed by atoms with E-state index in [0.29, 0.717) is 5.56 Å². The first-order valence-electron chi connectivity index (χ1n) is 4.43. The van der Waals surface area contributed by atoms with E-state index in [9.17, 15) is 4.39 Å². The lowest BCUT2D eigenvalue weighted by Gasteiger charge is -1.97. The number of nitrogens with zero attached hydrogens (tertiary/aromatic N) is 4. The lowest BCUT2D eigenvalue weighted by atomic mass is 10.1. The van der Waals surface area contributed by atoms with Crippen molar-refractivity contribution in [1.29, 1.82) is 5.26 Å². The predicted molar refractivity (Wildman–Crippen MR) is 56.6 cm³/mol. The molecule has 0 saturated carbocycles. The highest BCUT2D eigenvalue weighted by molar-refractivity contribution is 5.39. The fourth-order valence-electron chi connectivity index (χ4n) is 1.07. The Bertz CT molecular complexity index is 527. The van der Waals surface area contributed by atoms with Crippen molar-refractivity contribution in [1.82, 2.24) is 0 Å². The molecule has 1 aromatic carbocycles. The van der Waals surface area contributed by atoms with E-state index in [1.54, 1.807) is 0 Å². The number of nitriles is 1. The van der Waals surface area contributed by atoms with E-state index in [0.717, 1.165) is 0 Å². The van der Waals surface area contributed by atoms with Crippen molar-refractivity contribution in [2.24, 2.45) is 5.11 Å². The molecular formula is C11H7FN4. The van der Waals surface area contributed by atoms with Crippen LogP contribution in [0.5, 0.6) is 0 Å². The van der Waals surface area contributed by atoms with Gasteiger partial charge in [0.25, 0.3) is 0 Å². The highest BCUT2D eigenvalue weighted by atomic mass is 19.1. The molecule has 1 aromatic rings. The number of halogens is 1. The Kier molecular flexibility index (Phi) is 4.40. The van der Waals surface area contributed by atoms with Crippen LogP contribution >= 0.6 is 0 Å². The molecule has 5 heteroatoms. The van der Waals surface area contributed by atoms with Gasteiger partial charge in [0.1, 0.15) is 5.82 Å². The molecule has 78 valence electrons. The van der Waals surface area contributed by atoms with Crippen molar-refractivity contribution in [3.05, 3.63) is 45.6 Å². The van der Waals surface area contributed by atoms with Crippen LogP contribution in [0.25, 0.3) is 10.4 Å². The fraction of sp³-hybridized carbons (Fsp3) is 0.182. The minimum Gasteiger partial charge on any atom is -0.206 e. The van der Waals surface area contributed by atoms with Crippen molar-refractivity contribution >= 4 is 0 Å². The summed E-state index contributed by atoms with van der Waals surface area (Å²) >= 11 is 0. The maximum absolute atomic E-state index is 13.2. The van der Waals surface area contributed by atoms with Crippen molar-refractivity contribution in [3.8, 4) is 17.9 Å². The summed E-state index contributed by atoms with van der Waals surface area (Å²) in [7, 11) is 0. The molecule has 16 heavy (non-hydrogen) atoms. The summed E-state index contributed by atoms with van der Waals surface area (Å²) in [6.07, 6.45) is 0.214. The molecular weight excluding hydrogens is 207 g/mol. The van der Waals surface area contributed by atoms with Gasteiger partial charge in [0, 0.05) is 4.91 Å². The van der Waals surface area contributed by atoms with Crippen LogP contribution in [-0.4, -0.2) is 6.54 Å². The summed E-state index contributed by atoms with van der Waals surface area (Å²) in [4.78, 5) is 2.52. The lowest BCUT2D eigenvalue weighted by Crippen LogP contribution is -1.88. The molecule has 1 rings (SSSR count). The van der Waals surface area contributed by atoms with Gasteiger partial charge in [0.15, 0.2) is 0 Å². The van der Waals surface area contributed by atoms with Crippen LogP contribution in [0.4, 0.5) is 4.39 Å². The molecule has 0 bridgehead atoms. The van der Waals surface area contributed by atoms with Crippen molar-refractivity contribution < 1.29 is 4.39 Å². The van der Waals surface area contributed by atoms with Crippen LogP contribution in [-0.2, 0) is 6.42 Å². The van der Waals surface area contributed by atoms with Gasteiger partial charge in [0.05, 0.1) is 24.6 Å². The SMILES string of the molecule is N#CCc1ccc(F)c(C#CCN=[N+]=[N-])c1. The first-order chi connectivity index (χ1) is 7.77. The topological polar surface area (TPSA) is 72.5 Å². The van der Waals surface area contributed by atoms with Crippen LogP contribution in [0.15, 0.2) is 23.3 Å². The molecule has 4 nitrogen and oxygen atoms in total. The number of azide groups is 1. The van der Waals surface area contributed by atoms with Gasteiger partial charge in [-0.3, -0.25) is 0 Å². The molecule has 0 aliphatic heterocycles. The zero-order valence-electron chi connectivity index (χ0n) is 8.31. The van der Waals surface area contributed by atoms with E-state index in [1.165, 1.54) is 18.2 Å². The number of benzene rings is 1. The second-order valence-corrected chi connectivity index (χ2v) is 2.84. The molecule has 0 fully saturated rings. The summed E-state index contributed by atoms with van der Waals surface area (Å²) in [5.74, 6) is 4.62. The lowest BCUT2D eigenvalue weighted by molar-refractivity contribution is 0.623. The average Bonchev–Trinajstić information content (AvgIpc) is 2.29. The zero-order chi connectivity index (χ0) is 11.8. The van der Waals surface area contributed by atoms with E-state index in [4.69, 9.17) is 10.8 Å². The summed E-state index contributed by atoms with van der Waals surface area (Å²) in [5, 5.41) is 11.7. The van der Waals surface area contributed by atoms with Crippen LogP contribution in [0.1, 0.15) is 11.1 Å². The average molecular weight is 214 g/mol. The third-order valence-electron chi connectivity index (χ3n) is 1.75. The van der Waals surface area contributed by atoms with E-state index in [-0.39, 0.29) is 18.5 Å². The van der Waals surface area contributed by atoms with Crippen molar-refractivity contribution in [2.75, 3.05) is 6.54 Å². The largest absolute Gasteiger partial charge is 0.206 e. The van der Waals surface area contributed by atoms with Crippen molar-refractivity contribution in [3.63, 3.8) is 0 Å². The molecule has 0 spiro atoms. The Morgan fingerprint density at radius 2 is 2.31 bits per heavy atom. The fourth-order valence-corrected chi connectivity index (χ4v) is 1.07. The van der Waals surface area contributed by atoms with Crippen LogP contribution in [0, 0.1) is 29.0 Å². The van der Waals surface area contributed by atoms with Gasteiger partial charge in [-0.05, 0) is 23.2 Å². The minimum atomic E-state index is -0.449. The Labute approximate surface area is 91.9 Å². The van der Waals surface area contributed by atoms with Crippen LogP contribution < -0.4 is 0 Å². The van der Waals surface area contributed by atoms with Gasteiger partial charge >= 0.3 is 0 Å². The second-order valence-electron chi connectivity index (χ2n) is 2.84. The Morgan fingerprint density at radius 3 is 3.00 bits per heavy atom. The Morgan fingerprint density at radius 1 is 1.50 bits per heavy atom. The van der Waals surface area contributed by atoms with Gasteiger partial charge in [-0.25, -0.2) is 4.39 Å². The van der Waals surface area contributed by atoms with E-state index in [1.807, 2.05) is 6.07 Å². The van der Waals surface area contributed by atoms with E-state index < -0.39 is 5.82 Å². The normalized spacial score (nSPS) is 8.25. The maximum Gasteiger partial charge on any atom is 0.138 e. The third-order valence-corrected chi connectivity index (χ3v) is 1.75. The predicted octanol–water partition coefficient (Wildman–Crippen LogP) is 2.55. The summed E-state index contributed by atoms with van der Waals surface area (Å²) in [6.45, 7) is -0.00157.